The van der Waals surface area contributed by atoms with Crippen LogP contribution in [0.25, 0.3) is 0 Å². The van der Waals surface area contributed by atoms with Gasteiger partial charge in [-0.2, -0.15) is 8.42 Å². The average Bonchev–Trinajstić information content (AvgIpc) is 2.14. The number of carbonyl (C=O) groups excluding carboxylic acids is 1. The van der Waals surface area contributed by atoms with E-state index in [1.807, 2.05) is 0 Å². The van der Waals surface area contributed by atoms with Crippen LogP contribution in [0.15, 0.2) is 24.3 Å². The molecular formula is C8H7FO5S. The summed E-state index contributed by atoms with van der Waals surface area (Å²) in [7, 11) is -3.91. The number of hydrogen-bond acceptors (Lipinski definition) is 5. The van der Waals surface area contributed by atoms with E-state index in [9.17, 15) is 17.1 Å². The van der Waals surface area contributed by atoms with Gasteiger partial charge >= 0.3 is 16.5 Å². The fraction of sp³-hybridized carbons (Fsp3) is 0.125. The number of esters is 1. The highest BCUT2D eigenvalue weighted by atomic mass is 32.3. The van der Waals surface area contributed by atoms with Crippen LogP contribution in [0.2, 0.25) is 0 Å². The largest absolute Gasteiger partial charge is 0.488 e. The van der Waals surface area contributed by atoms with E-state index < -0.39 is 16.5 Å². The van der Waals surface area contributed by atoms with Gasteiger partial charge in [0.15, 0.2) is 0 Å². The van der Waals surface area contributed by atoms with Crippen LogP contribution in [0, 0.1) is 0 Å². The summed E-state index contributed by atoms with van der Waals surface area (Å²) in [5.74, 6) is -0.961. The highest BCUT2D eigenvalue weighted by molar-refractivity contribution is 7.81. The van der Waals surface area contributed by atoms with Crippen LogP contribution in [-0.2, 0) is 15.2 Å². The number of carbonyl (C=O) groups is 1. The van der Waals surface area contributed by atoms with Crippen LogP contribution in [0.3, 0.4) is 0 Å². The molecule has 0 aliphatic rings. The quantitative estimate of drug-likeness (QED) is 0.577. The lowest BCUT2D eigenvalue weighted by Crippen LogP contribution is -2.04. The molecule has 0 saturated carbocycles. The Bertz CT molecular complexity index is 468. The summed E-state index contributed by atoms with van der Waals surface area (Å²) >= 11 is 0. The van der Waals surface area contributed by atoms with Crippen molar-refractivity contribution >= 4 is 16.5 Å². The third-order valence-electron chi connectivity index (χ3n) is 1.45. The Morgan fingerprint density at radius 1 is 1.40 bits per heavy atom. The molecule has 0 heterocycles. The van der Waals surface area contributed by atoms with E-state index in [2.05, 4.69) is 8.92 Å². The van der Waals surface area contributed by atoms with Gasteiger partial charge in [0.25, 0.3) is 0 Å². The lowest BCUT2D eigenvalue weighted by Gasteiger charge is -2.02. The van der Waals surface area contributed by atoms with Crippen LogP contribution in [0.4, 0.5) is 3.89 Å². The van der Waals surface area contributed by atoms with Gasteiger partial charge in [0.1, 0.15) is 5.75 Å². The fourth-order valence-corrected chi connectivity index (χ4v) is 1.24. The normalized spacial score (nSPS) is 10.8. The number of ether oxygens (including phenoxy) is 1. The van der Waals surface area contributed by atoms with Gasteiger partial charge in [0, 0.05) is 0 Å². The highest BCUT2D eigenvalue weighted by Gasteiger charge is 2.12. The van der Waals surface area contributed by atoms with E-state index in [0.717, 1.165) is 6.07 Å². The van der Waals surface area contributed by atoms with Crippen LogP contribution >= 0.6 is 0 Å². The van der Waals surface area contributed by atoms with Gasteiger partial charge in [-0.15, -0.1) is 0 Å². The Balaban J connectivity index is 2.98. The molecule has 0 radical (unpaired) electrons. The summed E-state index contributed by atoms with van der Waals surface area (Å²) in [6.45, 7) is 0. The zero-order valence-electron chi connectivity index (χ0n) is 7.64. The van der Waals surface area contributed by atoms with Crippen LogP contribution in [0.1, 0.15) is 10.4 Å². The number of rotatable bonds is 3. The number of hydrogen-bond donors (Lipinski definition) is 0. The van der Waals surface area contributed by atoms with Crippen molar-refractivity contribution in [2.75, 3.05) is 7.11 Å². The van der Waals surface area contributed by atoms with E-state index in [1.165, 1.54) is 25.3 Å². The molecule has 0 amide bonds. The predicted octanol–water partition coefficient (Wildman–Crippen LogP) is 1.07. The van der Waals surface area contributed by atoms with Crippen molar-refractivity contribution in [2.45, 2.75) is 0 Å². The van der Waals surface area contributed by atoms with E-state index in [-0.39, 0.29) is 11.3 Å². The van der Waals surface area contributed by atoms with Crippen molar-refractivity contribution in [2.24, 2.45) is 0 Å². The molecule has 0 saturated heterocycles. The van der Waals surface area contributed by atoms with Gasteiger partial charge in [-0.05, 0) is 18.2 Å². The smallest absolute Gasteiger partial charge is 0.465 e. The summed E-state index contributed by atoms with van der Waals surface area (Å²) in [4.78, 5) is 11.0. The molecule has 0 bridgehead atoms. The molecule has 7 heteroatoms. The third-order valence-corrected chi connectivity index (χ3v) is 1.84. The minimum Gasteiger partial charge on any atom is -0.465 e. The molecule has 1 rings (SSSR count). The lowest BCUT2D eigenvalue weighted by molar-refractivity contribution is 0.0600. The van der Waals surface area contributed by atoms with Gasteiger partial charge in [-0.3, -0.25) is 0 Å². The Morgan fingerprint density at radius 2 is 2.07 bits per heavy atom. The monoisotopic (exact) mass is 234 g/mol. The highest BCUT2D eigenvalue weighted by Crippen LogP contribution is 2.16. The lowest BCUT2D eigenvalue weighted by atomic mass is 10.2. The Morgan fingerprint density at radius 3 is 2.60 bits per heavy atom. The van der Waals surface area contributed by atoms with Crippen molar-refractivity contribution in [3.05, 3.63) is 29.8 Å². The number of methoxy groups -OCH3 is 1. The van der Waals surface area contributed by atoms with Crippen LogP contribution < -0.4 is 4.18 Å². The molecular weight excluding hydrogens is 227 g/mol. The Hall–Kier alpha value is -1.63. The van der Waals surface area contributed by atoms with E-state index >= 15 is 0 Å². The fourth-order valence-electron chi connectivity index (χ4n) is 0.908. The predicted molar refractivity (Wildman–Crippen MR) is 48.4 cm³/mol. The van der Waals surface area contributed by atoms with Crippen molar-refractivity contribution in [1.29, 1.82) is 0 Å². The van der Waals surface area contributed by atoms with Crippen molar-refractivity contribution in [1.82, 2.24) is 0 Å². The molecule has 82 valence electrons. The van der Waals surface area contributed by atoms with E-state index in [1.54, 1.807) is 0 Å². The summed E-state index contributed by atoms with van der Waals surface area (Å²) in [5.41, 5.74) is 0.0682. The first-order chi connectivity index (χ1) is 6.92. The third kappa shape index (κ3) is 3.55. The van der Waals surface area contributed by atoms with Gasteiger partial charge in [0.05, 0.1) is 12.7 Å². The first kappa shape index (κ1) is 11.4. The molecule has 1 aromatic carbocycles. The molecule has 0 aliphatic heterocycles. The standard InChI is InChI=1S/C8H7FO5S/c1-13-8(10)6-3-2-4-7(5-6)14-15(9,11)12/h2-5H,1H3. The molecule has 1 aromatic rings. The number of benzene rings is 1. The molecule has 0 unspecified atom stereocenters. The minimum atomic E-state index is -5.08. The molecule has 0 fully saturated rings. The molecule has 0 atom stereocenters. The maximum absolute atomic E-state index is 12.1. The second kappa shape index (κ2) is 4.26. The van der Waals surface area contributed by atoms with Crippen molar-refractivity contribution in [3.8, 4) is 5.75 Å². The summed E-state index contributed by atoms with van der Waals surface area (Å²) in [5, 5.41) is 0. The summed E-state index contributed by atoms with van der Waals surface area (Å²) in [6.07, 6.45) is 0. The number of halogens is 1. The topological polar surface area (TPSA) is 69.7 Å². The van der Waals surface area contributed by atoms with Gasteiger partial charge in [0.2, 0.25) is 0 Å². The molecule has 15 heavy (non-hydrogen) atoms. The summed E-state index contributed by atoms with van der Waals surface area (Å²) < 4.78 is 40.7. The minimum absolute atomic E-state index is 0.0682. The average molecular weight is 234 g/mol. The zero-order valence-corrected chi connectivity index (χ0v) is 8.45. The first-order valence-electron chi connectivity index (χ1n) is 3.75. The van der Waals surface area contributed by atoms with Gasteiger partial charge in [-0.25, -0.2) is 4.79 Å². The maximum Gasteiger partial charge on any atom is 0.488 e. The van der Waals surface area contributed by atoms with E-state index in [0.29, 0.717) is 0 Å². The molecule has 5 nitrogen and oxygen atoms in total. The second-order valence-electron chi connectivity index (χ2n) is 2.50. The van der Waals surface area contributed by atoms with Crippen LogP contribution in [-0.4, -0.2) is 21.5 Å². The molecule has 0 N–H and O–H groups in total. The maximum atomic E-state index is 12.1. The van der Waals surface area contributed by atoms with Crippen molar-refractivity contribution < 1.29 is 26.0 Å². The van der Waals surface area contributed by atoms with E-state index in [4.69, 9.17) is 0 Å². The molecule has 0 spiro atoms. The SMILES string of the molecule is COC(=O)c1cccc(OS(=O)(=O)F)c1. The zero-order chi connectivity index (χ0) is 11.5. The van der Waals surface area contributed by atoms with Gasteiger partial charge in [-0.1, -0.05) is 9.95 Å². The summed E-state index contributed by atoms with van der Waals surface area (Å²) in [6, 6.07) is 4.98. The molecule has 0 aliphatic carbocycles. The second-order valence-corrected chi connectivity index (χ2v) is 3.45. The van der Waals surface area contributed by atoms with Crippen LogP contribution in [0.5, 0.6) is 5.75 Å². The molecule has 0 aromatic heterocycles. The van der Waals surface area contributed by atoms with Crippen molar-refractivity contribution in [3.63, 3.8) is 0 Å². The Kier molecular flexibility index (Phi) is 3.25. The Labute approximate surface area is 85.8 Å². The van der Waals surface area contributed by atoms with Gasteiger partial charge < -0.3 is 8.92 Å². The first-order valence-corrected chi connectivity index (χ1v) is 5.05.